The minimum atomic E-state index is -0.102. The molecule has 0 aliphatic carbocycles. The highest BCUT2D eigenvalue weighted by atomic mass is 32.2. The van der Waals surface area contributed by atoms with Gasteiger partial charge in [0.2, 0.25) is 0 Å². The van der Waals surface area contributed by atoms with Crippen molar-refractivity contribution in [3.63, 3.8) is 0 Å². The molecule has 0 fully saturated rings. The van der Waals surface area contributed by atoms with Gasteiger partial charge in [-0.15, -0.1) is 23.1 Å². The van der Waals surface area contributed by atoms with E-state index in [4.69, 9.17) is 0 Å². The Labute approximate surface area is 142 Å². The third-order valence-electron chi connectivity index (χ3n) is 3.88. The zero-order valence-corrected chi connectivity index (χ0v) is 14.2. The van der Waals surface area contributed by atoms with E-state index in [0.717, 1.165) is 27.5 Å². The summed E-state index contributed by atoms with van der Waals surface area (Å²) in [5, 5.41) is 9.47. The molecule has 0 atom stereocenters. The summed E-state index contributed by atoms with van der Waals surface area (Å²) >= 11 is 3.40. The molecule has 1 amide bonds. The summed E-state index contributed by atoms with van der Waals surface area (Å²) in [5.74, 6) is 0.678. The monoisotopic (exact) mass is 341 g/mol. The molecule has 0 radical (unpaired) electrons. The van der Waals surface area contributed by atoms with Crippen molar-refractivity contribution in [2.75, 3.05) is 0 Å². The zero-order valence-electron chi connectivity index (χ0n) is 12.6. The molecule has 3 aromatic rings. The van der Waals surface area contributed by atoms with Crippen LogP contribution in [-0.4, -0.2) is 15.7 Å². The highest BCUT2D eigenvalue weighted by Gasteiger charge is 2.27. The molecule has 1 aliphatic rings. The van der Waals surface area contributed by atoms with Crippen LogP contribution >= 0.6 is 23.1 Å². The third-order valence-corrected chi connectivity index (χ3v) is 5.85. The maximum Gasteiger partial charge on any atom is 0.272 e. The fourth-order valence-corrected chi connectivity index (χ4v) is 4.54. The van der Waals surface area contributed by atoms with Crippen molar-refractivity contribution in [3.8, 4) is 11.3 Å². The predicted octanol–water partition coefficient (Wildman–Crippen LogP) is 3.68. The lowest BCUT2D eigenvalue weighted by Crippen LogP contribution is -2.24. The van der Waals surface area contributed by atoms with E-state index in [-0.39, 0.29) is 5.91 Å². The molecule has 23 heavy (non-hydrogen) atoms. The SMILES string of the molecule is Cn1nc(C(=O)NCc2cccs2)c2c1-c1ccccc1SC2. The topological polar surface area (TPSA) is 46.9 Å². The summed E-state index contributed by atoms with van der Waals surface area (Å²) in [5.41, 5.74) is 3.78. The number of thiophene rings is 1. The van der Waals surface area contributed by atoms with Crippen LogP contribution < -0.4 is 5.32 Å². The summed E-state index contributed by atoms with van der Waals surface area (Å²) in [6.45, 7) is 0.547. The molecule has 6 heteroatoms. The van der Waals surface area contributed by atoms with Gasteiger partial charge in [-0.1, -0.05) is 24.3 Å². The zero-order chi connectivity index (χ0) is 15.8. The summed E-state index contributed by atoms with van der Waals surface area (Å²) in [4.78, 5) is 14.9. The summed E-state index contributed by atoms with van der Waals surface area (Å²) in [6.07, 6.45) is 0. The number of nitrogens with one attached hydrogen (secondary N) is 1. The van der Waals surface area contributed by atoms with Gasteiger partial charge in [0.25, 0.3) is 5.91 Å². The molecule has 2 aromatic heterocycles. The van der Waals surface area contributed by atoms with Crippen LogP contribution in [0.4, 0.5) is 0 Å². The molecule has 0 saturated carbocycles. The van der Waals surface area contributed by atoms with Gasteiger partial charge in [0.15, 0.2) is 5.69 Å². The van der Waals surface area contributed by atoms with Gasteiger partial charge in [0.05, 0.1) is 12.2 Å². The number of rotatable bonds is 3. The van der Waals surface area contributed by atoms with Gasteiger partial charge in [-0.05, 0) is 17.5 Å². The smallest absolute Gasteiger partial charge is 0.272 e. The van der Waals surface area contributed by atoms with Crippen molar-refractivity contribution in [1.82, 2.24) is 15.1 Å². The lowest BCUT2D eigenvalue weighted by Gasteiger charge is -2.16. The second kappa shape index (κ2) is 5.86. The molecule has 3 heterocycles. The molecule has 0 spiro atoms. The molecule has 4 rings (SSSR count). The quantitative estimate of drug-likeness (QED) is 0.790. The molecular weight excluding hydrogens is 326 g/mol. The van der Waals surface area contributed by atoms with Crippen molar-refractivity contribution in [3.05, 3.63) is 57.9 Å². The van der Waals surface area contributed by atoms with Crippen LogP contribution in [0.15, 0.2) is 46.7 Å². The second-order valence-corrected chi connectivity index (χ2v) is 7.40. The summed E-state index contributed by atoms with van der Waals surface area (Å²) in [7, 11) is 1.90. The van der Waals surface area contributed by atoms with Gasteiger partial charge in [-0.2, -0.15) is 5.10 Å². The fourth-order valence-electron chi connectivity index (χ4n) is 2.83. The van der Waals surface area contributed by atoms with Crippen molar-refractivity contribution in [2.45, 2.75) is 17.2 Å². The van der Waals surface area contributed by atoms with Crippen LogP contribution in [-0.2, 0) is 19.3 Å². The molecular formula is C17H15N3OS2. The number of aryl methyl sites for hydroxylation is 1. The minimum Gasteiger partial charge on any atom is -0.346 e. The first-order valence-corrected chi connectivity index (χ1v) is 9.19. The maximum absolute atomic E-state index is 12.5. The Bertz CT molecular complexity index is 868. The van der Waals surface area contributed by atoms with Gasteiger partial charge in [0, 0.05) is 33.7 Å². The van der Waals surface area contributed by atoms with Crippen LogP contribution in [0.1, 0.15) is 20.9 Å². The highest BCUT2D eigenvalue weighted by Crippen LogP contribution is 2.42. The van der Waals surface area contributed by atoms with Crippen molar-refractivity contribution >= 4 is 29.0 Å². The first-order chi connectivity index (χ1) is 11.2. The highest BCUT2D eigenvalue weighted by molar-refractivity contribution is 7.98. The Morgan fingerprint density at radius 2 is 2.17 bits per heavy atom. The number of carbonyl (C=O) groups is 1. The minimum absolute atomic E-state index is 0.102. The molecule has 1 N–H and O–H groups in total. The van der Waals surface area contributed by atoms with Crippen LogP contribution in [0.3, 0.4) is 0 Å². The standard InChI is InChI=1S/C17H15N3OS2/c1-20-16-12-6-2-3-7-14(12)23-10-13(16)15(19-20)17(21)18-9-11-5-4-8-22-11/h2-8H,9-10H2,1H3,(H,18,21). The Hall–Kier alpha value is -2.05. The number of fused-ring (bicyclic) bond motifs is 3. The van der Waals surface area contributed by atoms with Crippen LogP contribution in [0.2, 0.25) is 0 Å². The van der Waals surface area contributed by atoms with Crippen LogP contribution in [0.25, 0.3) is 11.3 Å². The normalized spacial score (nSPS) is 12.6. The molecule has 116 valence electrons. The summed E-state index contributed by atoms with van der Waals surface area (Å²) in [6, 6.07) is 12.3. The predicted molar refractivity (Wildman–Crippen MR) is 93.7 cm³/mol. The number of aromatic nitrogens is 2. The molecule has 1 aliphatic heterocycles. The van der Waals surface area contributed by atoms with Gasteiger partial charge in [0.1, 0.15) is 0 Å². The first-order valence-electron chi connectivity index (χ1n) is 7.32. The number of hydrogen-bond donors (Lipinski definition) is 1. The molecule has 0 bridgehead atoms. The third kappa shape index (κ3) is 2.58. The van der Waals surface area contributed by atoms with E-state index in [1.165, 1.54) is 4.90 Å². The summed E-state index contributed by atoms with van der Waals surface area (Å²) < 4.78 is 1.83. The van der Waals surface area contributed by atoms with E-state index in [1.54, 1.807) is 23.1 Å². The van der Waals surface area contributed by atoms with E-state index in [0.29, 0.717) is 12.2 Å². The van der Waals surface area contributed by atoms with Gasteiger partial charge >= 0.3 is 0 Å². The number of thioether (sulfide) groups is 1. The lowest BCUT2D eigenvalue weighted by molar-refractivity contribution is 0.0945. The number of hydrogen-bond acceptors (Lipinski definition) is 4. The van der Waals surface area contributed by atoms with Crippen molar-refractivity contribution in [1.29, 1.82) is 0 Å². The average Bonchev–Trinajstić information content (AvgIpc) is 3.20. The van der Waals surface area contributed by atoms with E-state index in [1.807, 2.05) is 41.4 Å². The lowest BCUT2D eigenvalue weighted by atomic mass is 10.1. The van der Waals surface area contributed by atoms with E-state index in [2.05, 4.69) is 22.5 Å². The van der Waals surface area contributed by atoms with Gasteiger partial charge < -0.3 is 5.32 Å². The first kappa shape index (κ1) is 14.5. The molecule has 0 unspecified atom stereocenters. The van der Waals surface area contributed by atoms with E-state index >= 15 is 0 Å². The fraction of sp³-hybridized carbons (Fsp3) is 0.176. The maximum atomic E-state index is 12.5. The molecule has 0 saturated heterocycles. The van der Waals surface area contributed by atoms with E-state index in [9.17, 15) is 4.79 Å². The number of benzene rings is 1. The number of carbonyl (C=O) groups excluding carboxylic acids is 1. The second-order valence-electron chi connectivity index (χ2n) is 5.35. The number of nitrogens with zero attached hydrogens (tertiary/aromatic N) is 2. The van der Waals surface area contributed by atoms with Crippen molar-refractivity contribution < 1.29 is 4.79 Å². The average molecular weight is 341 g/mol. The van der Waals surface area contributed by atoms with Crippen LogP contribution in [0, 0.1) is 0 Å². The number of amides is 1. The van der Waals surface area contributed by atoms with Crippen molar-refractivity contribution in [2.24, 2.45) is 7.05 Å². The Kier molecular flexibility index (Phi) is 3.71. The van der Waals surface area contributed by atoms with Gasteiger partial charge in [-0.25, -0.2) is 0 Å². The largest absolute Gasteiger partial charge is 0.346 e. The Balaban J connectivity index is 1.66. The Morgan fingerprint density at radius 1 is 1.30 bits per heavy atom. The Morgan fingerprint density at radius 3 is 3.00 bits per heavy atom. The molecule has 4 nitrogen and oxygen atoms in total. The van der Waals surface area contributed by atoms with Crippen LogP contribution in [0.5, 0.6) is 0 Å². The van der Waals surface area contributed by atoms with E-state index < -0.39 is 0 Å². The molecule has 1 aromatic carbocycles. The van der Waals surface area contributed by atoms with Gasteiger partial charge in [-0.3, -0.25) is 9.48 Å².